The molecule has 0 spiro atoms. The Morgan fingerprint density at radius 3 is 2.57 bits per heavy atom. The summed E-state index contributed by atoms with van der Waals surface area (Å²) in [6.45, 7) is 0. The molecular formula is C16H15BrClF2N. The predicted octanol–water partition coefficient (Wildman–Crippen LogP) is 4.75. The molecule has 0 fully saturated rings. The summed E-state index contributed by atoms with van der Waals surface area (Å²) in [5.41, 5.74) is 1.39. The van der Waals surface area contributed by atoms with Gasteiger partial charge >= 0.3 is 0 Å². The van der Waals surface area contributed by atoms with Crippen LogP contribution in [0.15, 0.2) is 40.9 Å². The van der Waals surface area contributed by atoms with Crippen LogP contribution < -0.4 is 5.32 Å². The fraction of sp³-hybridized carbons (Fsp3) is 0.250. The van der Waals surface area contributed by atoms with E-state index in [9.17, 15) is 8.78 Å². The second kappa shape index (κ2) is 7.34. The average molecular weight is 375 g/mol. The minimum absolute atomic E-state index is 0.0175. The van der Waals surface area contributed by atoms with Crippen LogP contribution in [0.3, 0.4) is 0 Å². The van der Waals surface area contributed by atoms with Crippen LogP contribution in [0.2, 0.25) is 5.02 Å². The highest BCUT2D eigenvalue weighted by Gasteiger charge is 2.15. The van der Waals surface area contributed by atoms with Gasteiger partial charge in [-0.15, -0.1) is 0 Å². The highest BCUT2D eigenvalue weighted by Crippen LogP contribution is 2.22. The van der Waals surface area contributed by atoms with Gasteiger partial charge in [0.1, 0.15) is 11.6 Å². The lowest BCUT2D eigenvalue weighted by Crippen LogP contribution is -2.30. The second-order valence-electron chi connectivity index (χ2n) is 4.84. The van der Waals surface area contributed by atoms with Crippen molar-refractivity contribution in [2.24, 2.45) is 0 Å². The fourth-order valence-corrected chi connectivity index (χ4v) is 2.82. The molecule has 112 valence electrons. The minimum atomic E-state index is -0.391. The van der Waals surface area contributed by atoms with E-state index in [-0.39, 0.29) is 16.9 Å². The summed E-state index contributed by atoms with van der Waals surface area (Å²) in [7, 11) is 1.81. The Kier molecular flexibility index (Phi) is 5.73. The quantitative estimate of drug-likeness (QED) is 0.796. The molecule has 2 aromatic carbocycles. The molecule has 5 heteroatoms. The average Bonchev–Trinajstić information content (AvgIpc) is 2.46. The van der Waals surface area contributed by atoms with Gasteiger partial charge in [0.2, 0.25) is 0 Å². The van der Waals surface area contributed by atoms with Gasteiger partial charge < -0.3 is 5.32 Å². The van der Waals surface area contributed by atoms with Gasteiger partial charge in [0, 0.05) is 10.5 Å². The molecule has 0 heterocycles. The maximum absolute atomic E-state index is 14.0. The lowest BCUT2D eigenvalue weighted by molar-refractivity contribution is 0.529. The zero-order valence-corrected chi connectivity index (χ0v) is 13.8. The third kappa shape index (κ3) is 4.25. The third-order valence-electron chi connectivity index (χ3n) is 3.38. The fourth-order valence-electron chi connectivity index (χ4n) is 2.21. The van der Waals surface area contributed by atoms with E-state index in [1.54, 1.807) is 25.2 Å². The van der Waals surface area contributed by atoms with Crippen molar-refractivity contribution in [1.29, 1.82) is 0 Å². The van der Waals surface area contributed by atoms with Crippen molar-refractivity contribution in [3.05, 3.63) is 68.7 Å². The van der Waals surface area contributed by atoms with Crippen molar-refractivity contribution in [1.82, 2.24) is 5.32 Å². The van der Waals surface area contributed by atoms with Crippen LogP contribution in [0.1, 0.15) is 11.1 Å². The van der Waals surface area contributed by atoms with Gasteiger partial charge in [-0.3, -0.25) is 0 Å². The van der Waals surface area contributed by atoms with Crippen molar-refractivity contribution in [3.8, 4) is 0 Å². The van der Waals surface area contributed by atoms with Crippen LogP contribution in [0, 0.1) is 11.6 Å². The number of halogens is 4. The van der Waals surface area contributed by atoms with Gasteiger partial charge in [-0.1, -0.05) is 39.7 Å². The Labute approximate surface area is 136 Å². The van der Waals surface area contributed by atoms with Crippen LogP contribution in [-0.2, 0) is 12.8 Å². The van der Waals surface area contributed by atoms with Crippen molar-refractivity contribution < 1.29 is 8.78 Å². The molecule has 21 heavy (non-hydrogen) atoms. The van der Waals surface area contributed by atoms with Gasteiger partial charge in [-0.05, 0) is 55.3 Å². The van der Waals surface area contributed by atoms with E-state index in [1.807, 2.05) is 0 Å². The summed E-state index contributed by atoms with van der Waals surface area (Å²) < 4.78 is 28.1. The lowest BCUT2D eigenvalue weighted by atomic mass is 9.98. The monoisotopic (exact) mass is 373 g/mol. The van der Waals surface area contributed by atoms with E-state index in [4.69, 9.17) is 11.6 Å². The van der Waals surface area contributed by atoms with E-state index in [0.29, 0.717) is 18.4 Å². The number of nitrogens with one attached hydrogen (secondary N) is 1. The van der Waals surface area contributed by atoms with Crippen LogP contribution in [0.25, 0.3) is 0 Å². The van der Waals surface area contributed by atoms with Crippen molar-refractivity contribution >= 4 is 27.5 Å². The Bertz CT molecular complexity index is 630. The zero-order chi connectivity index (χ0) is 15.4. The molecule has 2 aromatic rings. The third-order valence-corrected chi connectivity index (χ3v) is 4.45. The topological polar surface area (TPSA) is 12.0 Å². The SMILES string of the molecule is CNC(Cc1cc(F)ccc1Br)Cc1cccc(Cl)c1F. The Hall–Kier alpha value is -0.970. The smallest absolute Gasteiger partial charge is 0.145 e. The zero-order valence-electron chi connectivity index (χ0n) is 11.5. The van der Waals surface area contributed by atoms with Gasteiger partial charge in [-0.2, -0.15) is 0 Å². The van der Waals surface area contributed by atoms with E-state index < -0.39 is 5.82 Å². The first-order valence-electron chi connectivity index (χ1n) is 6.55. The maximum atomic E-state index is 14.0. The van der Waals surface area contributed by atoms with Gasteiger partial charge in [0.15, 0.2) is 0 Å². The molecule has 1 N–H and O–H groups in total. The van der Waals surface area contributed by atoms with E-state index >= 15 is 0 Å². The lowest BCUT2D eigenvalue weighted by Gasteiger charge is -2.18. The van der Waals surface area contributed by atoms with Gasteiger partial charge in [0.25, 0.3) is 0 Å². The van der Waals surface area contributed by atoms with Crippen LogP contribution >= 0.6 is 27.5 Å². The minimum Gasteiger partial charge on any atom is -0.316 e. The summed E-state index contributed by atoms with van der Waals surface area (Å²) in [4.78, 5) is 0. The van der Waals surface area contributed by atoms with Crippen molar-refractivity contribution in [3.63, 3.8) is 0 Å². The molecule has 0 amide bonds. The summed E-state index contributed by atoms with van der Waals surface area (Å²) in [5, 5.41) is 3.26. The Morgan fingerprint density at radius 1 is 1.14 bits per heavy atom. The number of hydrogen-bond acceptors (Lipinski definition) is 1. The molecule has 1 atom stereocenters. The molecule has 0 saturated heterocycles. The van der Waals surface area contributed by atoms with Crippen LogP contribution in [0.5, 0.6) is 0 Å². The number of likely N-dealkylation sites (N-methyl/N-ethyl adjacent to an activating group) is 1. The van der Waals surface area contributed by atoms with Crippen LogP contribution in [0.4, 0.5) is 8.78 Å². The molecule has 1 unspecified atom stereocenters. The Morgan fingerprint density at radius 2 is 1.86 bits per heavy atom. The van der Waals surface area contributed by atoms with E-state index in [2.05, 4.69) is 21.2 Å². The molecule has 0 aliphatic carbocycles. The molecule has 2 rings (SSSR count). The van der Waals surface area contributed by atoms with E-state index in [0.717, 1.165) is 10.0 Å². The first-order valence-corrected chi connectivity index (χ1v) is 7.72. The first kappa shape index (κ1) is 16.4. The summed E-state index contributed by atoms with van der Waals surface area (Å²) in [5.74, 6) is -0.672. The van der Waals surface area contributed by atoms with Crippen molar-refractivity contribution in [2.45, 2.75) is 18.9 Å². The highest BCUT2D eigenvalue weighted by atomic mass is 79.9. The largest absolute Gasteiger partial charge is 0.316 e. The first-order chi connectivity index (χ1) is 10.0. The molecule has 0 aliphatic rings. The molecular weight excluding hydrogens is 360 g/mol. The summed E-state index contributed by atoms with van der Waals surface area (Å²) in [6.07, 6.45) is 1.06. The molecule has 0 saturated carbocycles. The molecule has 0 radical (unpaired) electrons. The molecule has 0 bridgehead atoms. The van der Waals surface area contributed by atoms with Gasteiger partial charge in [0.05, 0.1) is 5.02 Å². The summed E-state index contributed by atoms with van der Waals surface area (Å²) in [6, 6.07) is 9.52. The summed E-state index contributed by atoms with van der Waals surface area (Å²) >= 11 is 9.20. The molecule has 0 aromatic heterocycles. The molecule has 0 aliphatic heterocycles. The van der Waals surface area contributed by atoms with E-state index in [1.165, 1.54) is 18.2 Å². The van der Waals surface area contributed by atoms with Crippen molar-refractivity contribution in [2.75, 3.05) is 7.05 Å². The number of rotatable bonds is 5. The highest BCUT2D eigenvalue weighted by molar-refractivity contribution is 9.10. The van der Waals surface area contributed by atoms with Gasteiger partial charge in [-0.25, -0.2) is 8.78 Å². The normalized spacial score (nSPS) is 12.4. The standard InChI is InChI=1S/C16H15BrClF2N/c1-21-13(8-10-3-2-4-15(18)16(10)20)9-11-7-12(19)5-6-14(11)17/h2-7,13,21H,8-9H2,1H3. The Balaban J connectivity index is 2.17. The van der Waals surface area contributed by atoms with Crippen LogP contribution in [-0.4, -0.2) is 13.1 Å². The molecule has 1 nitrogen and oxygen atoms in total. The predicted molar refractivity (Wildman–Crippen MR) is 85.8 cm³/mol. The number of hydrogen-bond donors (Lipinski definition) is 1. The maximum Gasteiger partial charge on any atom is 0.145 e. The number of benzene rings is 2. The second-order valence-corrected chi connectivity index (χ2v) is 6.10.